The van der Waals surface area contributed by atoms with E-state index in [-0.39, 0.29) is 0 Å². The number of halogens is 1. The zero-order valence-corrected chi connectivity index (χ0v) is 11.4. The van der Waals surface area contributed by atoms with Crippen molar-refractivity contribution in [3.8, 4) is 0 Å². The first kappa shape index (κ1) is 13.7. The first-order valence-corrected chi connectivity index (χ1v) is 5.91. The van der Waals surface area contributed by atoms with Crippen LogP contribution in [0.5, 0.6) is 0 Å². The molecule has 4 nitrogen and oxygen atoms in total. The van der Waals surface area contributed by atoms with Crippen molar-refractivity contribution in [1.82, 2.24) is 4.90 Å². The molecule has 0 aliphatic carbocycles. The highest BCUT2D eigenvalue weighted by Gasteiger charge is 2.18. The second-order valence-corrected chi connectivity index (χ2v) is 4.51. The maximum absolute atomic E-state index is 11.4. The Bertz CT molecular complexity index is 420. The van der Waals surface area contributed by atoms with Gasteiger partial charge in [-0.2, -0.15) is 0 Å². The molecule has 1 rings (SSSR count). The molecule has 0 saturated carbocycles. The van der Waals surface area contributed by atoms with Crippen LogP contribution in [0.15, 0.2) is 28.7 Å². The number of amides is 1. The lowest BCUT2D eigenvalue weighted by molar-refractivity contribution is -0.157. The minimum atomic E-state index is -0.832. The van der Waals surface area contributed by atoms with Crippen LogP contribution in [0.25, 0.3) is 0 Å². The first-order valence-electron chi connectivity index (χ1n) is 5.12. The Hall–Kier alpha value is -1.36. The number of carbonyl (C=O) groups is 2. The number of esters is 1. The molecule has 0 fully saturated rings. The number of ether oxygens (including phenoxy) is 1. The van der Waals surface area contributed by atoms with Gasteiger partial charge in [-0.3, -0.25) is 4.79 Å². The second kappa shape index (κ2) is 6.39. The van der Waals surface area contributed by atoms with Gasteiger partial charge in [-0.15, -0.1) is 0 Å². The number of likely N-dealkylation sites (N-methyl/N-ethyl adjacent to an activating group) is 1. The van der Waals surface area contributed by atoms with E-state index in [1.165, 1.54) is 12.0 Å². The van der Waals surface area contributed by atoms with Gasteiger partial charge in [-0.1, -0.05) is 28.1 Å². The SMILES string of the molecule is COC(=O)C(=O)N(C)CCc1cccc(Br)c1. The normalized spacial score (nSPS) is 9.82. The molecule has 1 amide bonds. The average molecular weight is 300 g/mol. The summed E-state index contributed by atoms with van der Waals surface area (Å²) in [4.78, 5) is 23.8. The molecule has 0 N–H and O–H groups in total. The number of carbonyl (C=O) groups excluding carboxylic acids is 2. The summed E-state index contributed by atoms with van der Waals surface area (Å²) in [5, 5.41) is 0. The Morgan fingerprint density at radius 1 is 1.41 bits per heavy atom. The maximum atomic E-state index is 11.4. The molecular formula is C12H14BrNO3. The number of benzene rings is 1. The van der Waals surface area contributed by atoms with Gasteiger partial charge in [0.1, 0.15) is 0 Å². The molecule has 0 spiro atoms. The van der Waals surface area contributed by atoms with Crippen LogP contribution in [0.1, 0.15) is 5.56 Å². The van der Waals surface area contributed by atoms with E-state index in [0.29, 0.717) is 13.0 Å². The smallest absolute Gasteiger partial charge is 0.396 e. The molecule has 0 unspecified atom stereocenters. The van der Waals surface area contributed by atoms with Crippen LogP contribution >= 0.6 is 15.9 Å². The van der Waals surface area contributed by atoms with Gasteiger partial charge in [-0.25, -0.2) is 4.79 Å². The highest BCUT2D eigenvalue weighted by molar-refractivity contribution is 9.10. The average Bonchev–Trinajstić information content (AvgIpc) is 2.34. The number of hydrogen-bond acceptors (Lipinski definition) is 3. The molecule has 1 aromatic carbocycles. The van der Waals surface area contributed by atoms with Gasteiger partial charge in [0.05, 0.1) is 7.11 Å². The lowest BCUT2D eigenvalue weighted by Crippen LogP contribution is -2.35. The van der Waals surface area contributed by atoms with Crippen LogP contribution in [0, 0.1) is 0 Å². The lowest BCUT2D eigenvalue weighted by atomic mass is 10.1. The largest absolute Gasteiger partial charge is 0.462 e. The molecular weight excluding hydrogens is 286 g/mol. The van der Waals surface area contributed by atoms with Crippen molar-refractivity contribution in [3.05, 3.63) is 34.3 Å². The summed E-state index contributed by atoms with van der Waals surface area (Å²) in [6.07, 6.45) is 0.693. The Balaban J connectivity index is 2.51. The summed E-state index contributed by atoms with van der Waals surface area (Å²) in [6.45, 7) is 0.477. The van der Waals surface area contributed by atoms with Crippen molar-refractivity contribution in [2.45, 2.75) is 6.42 Å². The standard InChI is InChI=1S/C12H14BrNO3/c1-14(11(15)12(16)17-2)7-6-9-4-3-5-10(13)8-9/h3-5,8H,6-7H2,1-2H3. The van der Waals surface area contributed by atoms with Crippen LogP contribution in [0.4, 0.5) is 0 Å². The van der Waals surface area contributed by atoms with Crippen LogP contribution in [-0.4, -0.2) is 37.5 Å². The molecule has 0 radical (unpaired) electrons. The van der Waals surface area contributed by atoms with Crippen LogP contribution in [-0.2, 0) is 20.7 Å². The summed E-state index contributed by atoms with van der Waals surface area (Å²) >= 11 is 3.38. The molecule has 0 aliphatic rings. The number of rotatable bonds is 3. The van der Waals surface area contributed by atoms with E-state index >= 15 is 0 Å². The summed E-state index contributed by atoms with van der Waals surface area (Å²) < 4.78 is 5.36. The van der Waals surface area contributed by atoms with Crippen molar-refractivity contribution in [3.63, 3.8) is 0 Å². The molecule has 0 bridgehead atoms. The highest BCUT2D eigenvalue weighted by atomic mass is 79.9. The van der Waals surface area contributed by atoms with E-state index in [0.717, 1.165) is 10.0 Å². The van der Waals surface area contributed by atoms with Crippen molar-refractivity contribution in [2.75, 3.05) is 20.7 Å². The van der Waals surface area contributed by atoms with Gasteiger partial charge in [0, 0.05) is 18.1 Å². The fourth-order valence-corrected chi connectivity index (χ4v) is 1.78. The third kappa shape index (κ3) is 4.19. The van der Waals surface area contributed by atoms with E-state index in [9.17, 15) is 9.59 Å². The molecule has 0 aliphatic heterocycles. The maximum Gasteiger partial charge on any atom is 0.396 e. The lowest BCUT2D eigenvalue weighted by Gasteiger charge is -2.15. The van der Waals surface area contributed by atoms with Crippen molar-refractivity contribution >= 4 is 27.8 Å². The van der Waals surface area contributed by atoms with Gasteiger partial charge in [0.25, 0.3) is 0 Å². The zero-order chi connectivity index (χ0) is 12.8. The van der Waals surface area contributed by atoms with Gasteiger partial charge in [-0.05, 0) is 24.1 Å². The zero-order valence-electron chi connectivity index (χ0n) is 9.77. The van der Waals surface area contributed by atoms with Crippen LogP contribution in [0.3, 0.4) is 0 Å². The number of nitrogens with zero attached hydrogens (tertiary/aromatic N) is 1. The minimum Gasteiger partial charge on any atom is -0.462 e. The third-order valence-corrected chi connectivity index (χ3v) is 2.82. The minimum absolute atomic E-state index is 0.477. The Morgan fingerprint density at radius 3 is 2.71 bits per heavy atom. The highest BCUT2D eigenvalue weighted by Crippen LogP contribution is 2.12. The fraction of sp³-hybridized carbons (Fsp3) is 0.333. The molecule has 1 aromatic rings. The Morgan fingerprint density at radius 2 is 2.12 bits per heavy atom. The van der Waals surface area contributed by atoms with Gasteiger partial charge in [0.2, 0.25) is 0 Å². The van der Waals surface area contributed by atoms with Gasteiger partial charge in [0.15, 0.2) is 0 Å². The fourth-order valence-electron chi connectivity index (χ4n) is 1.33. The molecule has 5 heteroatoms. The number of methoxy groups -OCH3 is 1. The van der Waals surface area contributed by atoms with E-state index in [1.807, 2.05) is 24.3 Å². The van der Waals surface area contributed by atoms with Crippen LogP contribution in [0.2, 0.25) is 0 Å². The predicted molar refractivity (Wildman–Crippen MR) is 67.5 cm³/mol. The van der Waals surface area contributed by atoms with E-state index in [2.05, 4.69) is 20.7 Å². The topological polar surface area (TPSA) is 46.6 Å². The summed E-state index contributed by atoms with van der Waals surface area (Å²) in [6, 6.07) is 7.83. The van der Waals surface area contributed by atoms with Crippen molar-refractivity contribution in [2.24, 2.45) is 0 Å². The summed E-state index contributed by atoms with van der Waals surface area (Å²) in [5.41, 5.74) is 1.10. The Labute approximate surface area is 109 Å². The number of hydrogen-bond donors (Lipinski definition) is 0. The molecule has 92 valence electrons. The quantitative estimate of drug-likeness (QED) is 0.629. The van der Waals surface area contributed by atoms with E-state index in [4.69, 9.17) is 0 Å². The first-order chi connectivity index (χ1) is 8.04. The molecule has 17 heavy (non-hydrogen) atoms. The van der Waals surface area contributed by atoms with Crippen LogP contribution < -0.4 is 0 Å². The van der Waals surface area contributed by atoms with Crippen molar-refractivity contribution in [1.29, 1.82) is 0 Å². The third-order valence-electron chi connectivity index (χ3n) is 2.33. The molecule has 0 saturated heterocycles. The Kier molecular flexibility index (Phi) is 5.15. The van der Waals surface area contributed by atoms with E-state index in [1.54, 1.807) is 7.05 Å². The van der Waals surface area contributed by atoms with E-state index < -0.39 is 11.9 Å². The van der Waals surface area contributed by atoms with Crippen molar-refractivity contribution < 1.29 is 14.3 Å². The summed E-state index contributed by atoms with van der Waals surface area (Å²) in [5.74, 6) is -1.45. The second-order valence-electron chi connectivity index (χ2n) is 3.60. The predicted octanol–water partition coefficient (Wildman–Crippen LogP) is 1.62. The van der Waals surface area contributed by atoms with Gasteiger partial charge < -0.3 is 9.64 Å². The molecule has 0 atom stereocenters. The summed E-state index contributed by atoms with van der Waals surface area (Å²) in [7, 11) is 2.78. The molecule has 0 aromatic heterocycles. The molecule has 0 heterocycles. The monoisotopic (exact) mass is 299 g/mol. The van der Waals surface area contributed by atoms with Gasteiger partial charge >= 0.3 is 11.9 Å².